The molecule has 1 atom stereocenters. The summed E-state index contributed by atoms with van der Waals surface area (Å²) in [6.45, 7) is 0. The number of ketones is 1. The largest absolute Gasteiger partial charge is 0.497 e. The van der Waals surface area contributed by atoms with Crippen molar-refractivity contribution in [3.63, 3.8) is 0 Å². The average Bonchev–Trinajstić information content (AvgIpc) is 2.64. The van der Waals surface area contributed by atoms with E-state index in [1.165, 1.54) is 11.9 Å². The maximum absolute atomic E-state index is 12.2. The first kappa shape index (κ1) is 14.0. The molecular formula is C16H15NO3S. The third kappa shape index (κ3) is 2.75. The quantitative estimate of drug-likeness (QED) is 0.864. The monoisotopic (exact) mass is 301 g/mol. The van der Waals surface area contributed by atoms with Crippen LogP contribution < -0.4 is 9.04 Å². The molecule has 0 saturated carbocycles. The van der Waals surface area contributed by atoms with Crippen molar-refractivity contribution in [1.29, 1.82) is 0 Å². The molecule has 1 aliphatic heterocycles. The summed E-state index contributed by atoms with van der Waals surface area (Å²) in [6.07, 6.45) is -0.779. The summed E-state index contributed by atoms with van der Waals surface area (Å²) in [5.41, 5.74) is 1.50. The number of methoxy groups -OCH3 is 1. The van der Waals surface area contributed by atoms with Crippen molar-refractivity contribution in [3.05, 3.63) is 54.1 Å². The predicted octanol–water partition coefficient (Wildman–Crippen LogP) is 3.11. The van der Waals surface area contributed by atoms with Crippen molar-refractivity contribution in [2.24, 2.45) is 0 Å². The summed E-state index contributed by atoms with van der Waals surface area (Å²) < 4.78 is 6.89. The molecule has 3 rings (SSSR count). The Morgan fingerprint density at radius 1 is 1.19 bits per heavy atom. The number of benzene rings is 2. The van der Waals surface area contributed by atoms with Crippen molar-refractivity contribution in [2.45, 2.75) is 17.5 Å². The molecule has 0 aliphatic carbocycles. The van der Waals surface area contributed by atoms with Gasteiger partial charge in [0.1, 0.15) is 12.0 Å². The van der Waals surface area contributed by atoms with Gasteiger partial charge in [-0.25, -0.2) is 0 Å². The second kappa shape index (κ2) is 5.79. The highest BCUT2D eigenvalue weighted by molar-refractivity contribution is 8.00. The van der Waals surface area contributed by atoms with Crippen LogP contribution in [0.3, 0.4) is 0 Å². The Bertz CT molecular complexity index is 657. The lowest BCUT2D eigenvalue weighted by Crippen LogP contribution is -2.29. The molecule has 0 aromatic heterocycles. The second-order valence-electron chi connectivity index (χ2n) is 4.72. The van der Waals surface area contributed by atoms with E-state index in [2.05, 4.69) is 0 Å². The first-order chi connectivity index (χ1) is 10.2. The maximum Gasteiger partial charge on any atom is 0.168 e. The van der Waals surface area contributed by atoms with Crippen LogP contribution in [0.5, 0.6) is 5.75 Å². The summed E-state index contributed by atoms with van der Waals surface area (Å²) >= 11 is 1.38. The van der Waals surface area contributed by atoms with Crippen molar-refractivity contribution in [2.75, 3.05) is 11.4 Å². The normalized spacial score (nSPS) is 18.1. The van der Waals surface area contributed by atoms with Gasteiger partial charge >= 0.3 is 0 Å². The van der Waals surface area contributed by atoms with E-state index in [9.17, 15) is 9.90 Å². The summed E-state index contributed by atoms with van der Waals surface area (Å²) in [5, 5.41) is 10.3. The van der Waals surface area contributed by atoms with Gasteiger partial charge in [-0.3, -0.25) is 9.10 Å². The number of fused-ring (bicyclic) bond motifs is 1. The minimum absolute atomic E-state index is 0.0402. The number of Topliss-reactive ketones (excluding diaryl/α,β-unsaturated/α-hetero) is 1. The molecule has 1 N–H and O–H groups in total. The number of aliphatic hydroxyl groups excluding tert-OH is 1. The van der Waals surface area contributed by atoms with Gasteiger partial charge in [-0.05, 0) is 42.3 Å². The van der Waals surface area contributed by atoms with Gasteiger partial charge < -0.3 is 9.84 Å². The van der Waals surface area contributed by atoms with Gasteiger partial charge in [0.15, 0.2) is 5.78 Å². The number of aliphatic hydroxyl groups is 1. The smallest absolute Gasteiger partial charge is 0.168 e. The van der Waals surface area contributed by atoms with Crippen molar-refractivity contribution >= 4 is 23.4 Å². The fourth-order valence-corrected chi connectivity index (χ4v) is 3.31. The molecule has 0 unspecified atom stereocenters. The summed E-state index contributed by atoms with van der Waals surface area (Å²) in [7, 11) is 1.61. The molecular weight excluding hydrogens is 286 g/mol. The SMILES string of the molecule is COc1ccc(N2Sc3ccccc3C(=O)C[C@@H]2O)cc1. The molecule has 0 bridgehead atoms. The van der Waals surface area contributed by atoms with E-state index in [1.54, 1.807) is 17.5 Å². The van der Waals surface area contributed by atoms with Crippen LogP contribution in [-0.4, -0.2) is 24.2 Å². The molecule has 1 heterocycles. The van der Waals surface area contributed by atoms with Gasteiger partial charge in [-0.15, -0.1) is 0 Å². The Morgan fingerprint density at radius 3 is 2.62 bits per heavy atom. The van der Waals surface area contributed by atoms with Crippen LogP contribution in [0, 0.1) is 0 Å². The first-order valence-corrected chi connectivity index (χ1v) is 7.38. The number of carbonyl (C=O) groups excluding carboxylic acids is 1. The lowest BCUT2D eigenvalue weighted by atomic mass is 10.1. The van der Waals surface area contributed by atoms with Crippen molar-refractivity contribution in [1.82, 2.24) is 0 Å². The van der Waals surface area contributed by atoms with Crippen LogP contribution >= 0.6 is 11.9 Å². The van der Waals surface area contributed by atoms with E-state index < -0.39 is 6.23 Å². The molecule has 0 radical (unpaired) electrons. The summed E-state index contributed by atoms with van der Waals surface area (Å²) in [4.78, 5) is 13.0. The third-order valence-corrected chi connectivity index (χ3v) is 4.55. The molecule has 21 heavy (non-hydrogen) atoms. The molecule has 2 aromatic rings. The summed E-state index contributed by atoms with van der Waals surface area (Å²) in [5.74, 6) is 0.714. The molecule has 4 nitrogen and oxygen atoms in total. The minimum Gasteiger partial charge on any atom is -0.497 e. The number of ether oxygens (including phenoxy) is 1. The van der Waals surface area contributed by atoms with Gasteiger partial charge in [0.2, 0.25) is 0 Å². The van der Waals surface area contributed by atoms with Crippen LogP contribution in [-0.2, 0) is 0 Å². The fourth-order valence-electron chi connectivity index (χ4n) is 2.26. The van der Waals surface area contributed by atoms with Gasteiger partial charge in [-0.1, -0.05) is 18.2 Å². The van der Waals surface area contributed by atoms with E-state index in [1.807, 2.05) is 42.5 Å². The highest BCUT2D eigenvalue weighted by atomic mass is 32.2. The lowest BCUT2D eigenvalue weighted by Gasteiger charge is -2.26. The Kier molecular flexibility index (Phi) is 3.86. The Labute approximate surface area is 127 Å². The van der Waals surface area contributed by atoms with Crippen LogP contribution in [0.2, 0.25) is 0 Å². The zero-order chi connectivity index (χ0) is 14.8. The third-order valence-electron chi connectivity index (χ3n) is 3.35. The number of carbonyl (C=O) groups is 1. The van der Waals surface area contributed by atoms with E-state index in [-0.39, 0.29) is 12.2 Å². The molecule has 5 heteroatoms. The fraction of sp³-hybridized carbons (Fsp3) is 0.188. The molecule has 0 amide bonds. The van der Waals surface area contributed by atoms with Gasteiger partial charge in [0.25, 0.3) is 0 Å². The molecule has 1 aliphatic rings. The van der Waals surface area contributed by atoms with Gasteiger partial charge in [0, 0.05) is 10.5 Å². The molecule has 108 valence electrons. The number of hydrogen-bond acceptors (Lipinski definition) is 5. The topological polar surface area (TPSA) is 49.8 Å². The average molecular weight is 301 g/mol. The van der Waals surface area contributed by atoms with E-state index in [0.717, 1.165) is 16.3 Å². The Morgan fingerprint density at radius 2 is 1.90 bits per heavy atom. The summed E-state index contributed by atoms with van der Waals surface area (Å²) in [6, 6.07) is 14.8. The maximum atomic E-state index is 12.2. The number of hydrogen-bond donors (Lipinski definition) is 1. The van der Waals surface area contributed by atoms with Gasteiger partial charge in [0.05, 0.1) is 19.2 Å². The zero-order valence-corrected chi connectivity index (χ0v) is 12.3. The highest BCUT2D eigenvalue weighted by Gasteiger charge is 2.28. The van der Waals surface area contributed by atoms with Crippen molar-refractivity contribution < 1.29 is 14.6 Å². The lowest BCUT2D eigenvalue weighted by molar-refractivity contribution is 0.0897. The molecule has 0 saturated heterocycles. The second-order valence-corrected chi connectivity index (χ2v) is 5.73. The van der Waals surface area contributed by atoms with Gasteiger partial charge in [-0.2, -0.15) is 0 Å². The van der Waals surface area contributed by atoms with Crippen LogP contribution in [0.1, 0.15) is 16.8 Å². The van der Waals surface area contributed by atoms with E-state index >= 15 is 0 Å². The number of anilines is 1. The van der Waals surface area contributed by atoms with Crippen LogP contribution in [0.4, 0.5) is 5.69 Å². The van der Waals surface area contributed by atoms with E-state index in [0.29, 0.717) is 5.56 Å². The van der Waals surface area contributed by atoms with Crippen LogP contribution in [0.15, 0.2) is 53.4 Å². The zero-order valence-electron chi connectivity index (χ0n) is 11.5. The number of nitrogens with zero attached hydrogens (tertiary/aromatic N) is 1. The van der Waals surface area contributed by atoms with Crippen LogP contribution in [0.25, 0.3) is 0 Å². The Balaban J connectivity index is 1.96. The predicted molar refractivity (Wildman–Crippen MR) is 82.7 cm³/mol. The van der Waals surface area contributed by atoms with Crippen molar-refractivity contribution in [3.8, 4) is 5.75 Å². The minimum atomic E-state index is -0.858. The standard InChI is InChI=1S/C16H15NO3S/c1-20-12-8-6-11(7-9-12)17-16(19)10-14(18)13-4-2-3-5-15(13)21-17/h2-9,16,19H,10H2,1H3/t16-/m0/s1. The van der Waals surface area contributed by atoms with E-state index in [4.69, 9.17) is 4.74 Å². The molecule has 2 aromatic carbocycles. The first-order valence-electron chi connectivity index (χ1n) is 6.60. The number of rotatable bonds is 2. The molecule has 0 spiro atoms. The highest BCUT2D eigenvalue weighted by Crippen LogP contribution is 2.37. The molecule has 0 fully saturated rings. The Hall–Kier alpha value is -1.98.